The fraction of sp³-hybridized carbons (Fsp3) is 0.733. The molecule has 2 atom stereocenters. The number of rotatable bonds is 8. The van der Waals surface area contributed by atoms with Crippen molar-refractivity contribution in [3.05, 3.63) is 17.5 Å². The zero-order valence-corrected chi connectivity index (χ0v) is 13.0. The topological polar surface area (TPSA) is 81.2 Å². The first-order valence-electron chi connectivity index (χ1n) is 7.52. The van der Waals surface area contributed by atoms with Gasteiger partial charge in [-0.15, -0.1) is 0 Å². The minimum atomic E-state index is -0.471. The summed E-state index contributed by atoms with van der Waals surface area (Å²) in [6.07, 6.45) is 2.96. The Kier molecular flexibility index (Phi) is 6.71. The van der Waals surface area contributed by atoms with Gasteiger partial charge >= 0.3 is 0 Å². The van der Waals surface area contributed by atoms with Crippen molar-refractivity contribution in [1.29, 1.82) is 0 Å². The van der Waals surface area contributed by atoms with E-state index in [1.54, 1.807) is 0 Å². The van der Waals surface area contributed by atoms with Crippen molar-refractivity contribution in [2.75, 3.05) is 0 Å². The number of hydrogen-bond donors (Lipinski definition) is 2. The van der Waals surface area contributed by atoms with E-state index in [9.17, 15) is 4.79 Å². The van der Waals surface area contributed by atoms with Crippen LogP contribution in [0.2, 0.25) is 0 Å². The van der Waals surface area contributed by atoms with E-state index in [-0.39, 0.29) is 11.8 Å². The Balaban J connectivity index is 2.52. The third-order valence-corrected chi connectivity index (χ3v) is 3.98. The number of amides is 1. The molecule has 1 aromatic rings. The van der Waals surface area contributed by atoms with E-state index >= 15 is 0 Å². The van der Waals surface area contributed by atoms with E-state index in [4.69, 9.17) is 10.3 Å². The SMILES string of the molecule is CCC(CC)c1cc(CNC(=O)C(N)C(C)CC)on1. The molecule has 1 heterocycles. The number of carbonyl (C=O) groups excluding carboxylic acids is 1. The highest BCUT2D eigenvalue weighted by atomic mass is 16.5. The second kappa shape index (κ2) is 8.04. The fourth-order valence-electron chi connectivity index (χ4n) is 2.12. The predicted molar refractivity (Wildman–Crippen MR) is 79.1 cm³/mol. The third-order valence-electron chi connectivity index (χ3n) is 3.98. The first-order chi connectivity index (χ1) is 9.53. The van der Waals surface area contributed by atoms with Crippen molar-refractivity contribution in [2.24, 2.45) is 11.7 Å². The Bertz CT molecular complexity index is 413. The monoisotopic (exact) mass is 281 g/mol. The molecule has 1 aromatic heterocycles. The van der Waals surface area contributed by atoms with Crippen LogP contribution in [-0.4, -0.2) is 17.1 Å². The average Bonchev–Trinajstić information content (AvgIpc) is 2.93. The summed E-state index contributed by atoms with van der Waals surface area (Å²) in [5.41, 5.74) is 6.84. The maximum atomic E-state index is 11.9. The van der Waals surface area contributed by atoms with Gasteiger partial charge in [0.2, 0.25) is 5.91 Å². The highest BCUT2D eigenvalue weighted by Gasteiger charge is 2.20. The normalized spacial score (nSPS) is 14.3. The van der Waals surface area contributed by atoms with Crippen LogP contribution in [-0.2, 0) is 11.3 Å². The number of carbonyl (C=O) groups is 1. The van der Waals surface area contributed by atoms with Crippen LogP contribution >= 0.6 is 0 Å². The van der Waals surface area contributed by atoms with Gasteiger partial charge in [0.05, 0.1) is 18.3 Å². The van der Waals surface area contributed by atoms with Crippen molar-refractivity contribution < 1.29 is 9.32 Å². The van der Waals surface area contributed by atoms with Gasteiger partial charge in [-0.1, -0.05) is 39.3 Å². The Morgan fingerprint density at radius 2 is 2.00 bits per heavy atom. The Morgan fingerprint density at radius 3 is 2.55 bits per heavy atom. The van der Waals surface area contributed by atoms with E-state index in [1.807, 2.05) is 19.9 Å². The second-order valence-corrected chi connectivity index (χ2v) is 5.36. The molecule has 0 radical (unpaired) electrons. The molecule has 0 fully saturated rings. The molecule has 114 valence electrons. The predicted octanol–water partition coefficient (Wildman–Crippen LogP) is 2.57. The first-order valence-corrected chi connectivity index (χ1v) is 7.52. The van der Waals surface area contributed by atoms with Crippen LogP contribution in [0.4, 0.5) is 0 Å². The number of nitrogens with one attached hydrogen (secondary N) is 1. The smallest absolute Gasteiger partial charge is 0.237 e. The molecule has 0 aromatic carbocycles. The standard InChI is InChI=1S/C15H27N3O2/c1-5-10(4)14(16)15(19)17-9-12-8-13(18-20-12)11(6-2)7-3/h8,10-11,14H,5-7,9,16H2,1-4H3,(H,17,19). The van der Waals surface area contributed by atoms with Crippen molar-refractivity contribution in [3.8, 4) is 0 Å². The van der Waals surface area contributed by atoms with Gasteiger partial charge in [0.25, 0.3) is 0 Å². The lowest BCUT2D eigenvalue weighted by atomic mass is 9.99. The lowest BCUT2D eigenvalue weighted by Gasteiger charge is -2.17. The van der Waals surface area contributed by atoms with Crippen molar-refractivity contribution in [2.45, 2.75) is 65.5 Å². The summed E-state index contributed by atoms with van der Waals surface area (Å²) >= 11 is 0. The highest BCUT2D eigenvalue weighted by Crippen LogP contribution is 2.22. The van der Waals surface area contributed by atoms with Crippen LogP contribution in [0.3, 0.4) is 0 Å². The van der Waals surface area contributed by atoms with Crippen LogP contribution in [0.15, 0.2) is 10.6 Å². The number of aromatic nitrogens is 1. The van der Waals surface area contributed by atoms with Crippen LogP contribution in [0.1, 0.15) is 64.3 Å². The largest absolute Gasteiger partial charge is 0.359 e. The minimum absolute atomic E-state index is 0.139. The molecule has 0 saturated heterocycles. The second-order valence-electron chi connectivity index (χ2n) is 5.36. The van der Waals surface area contributed by atoms with Gasteiger partial charge in [-0.25, -0.2) is 0 Å². The summed E-state index contributed by atoms with van der Waals surface area (Å²) in [5, 5.41) is 6.88. The summed E-state index contributed by atoms with van der Waals surface area (Å²) < 4.78 is 5.26. The van der Waals surface area contributed by atoms with Crippen LogP contribution in [0.25, 0.3) is 0 Å². The highest BCUT2D eigenvalue weighted by molar-refractivity contribution is 5.81. The van der Waals surface area contributed by atoms with E-state index in [1.165, 1.54) is 0 Å². The Labute approximate surface area is 121 Å². The van der Waals surface area contributed by atoms with E-state index in [2.05, 4.69) is 24.3 Å². The van der Waals surface area contributed by atoms with Crippen molar-refractivity contribution >= 4 is 5.91 Å². The molecule has 5 nitrogen and oxygen atoms in total. The maximum absolute atomic E-state index is 11.9. The molecule has 0 aliphatic carbocycles. The van der Waals surface area contributed by atoms with Gasteiger partial charge in [-0.2, -0.15) is 0 Å². The van der Waals surface area contributed by atoms with Gasteiger partial charge in [0.15, 0.2) is 5.76 Å². The fourth-order valence-corrected chi connectivity index (χ4v) is 2.12. The molecule has 0 aliphatic rings. The molecule has 0 aliphatic heterocycles. The molecule has 5 heteroatoms. The lowest BCUT2D eigenvalue weighted by Crippen LogP contribution is -2.44. The molecule has 2 unspecified atom stereocenters. The number of nitrogens with zero attached hydrogens (tertiary/aromatic N) is 1. The lowest BCUT2D eigenvalue weighted by molar-refractivity contribution is -0.123. The van der Waals surface area contributed by atoms with Crippen LogP contribution < -0.4 is 11.1 Å². The van der Waals surface area contributed by atoms with Crippen LogP contribution in [0, 0.1) is 5.92 Å². The zero-order valence-electron chi connectivity index (χ0n) is 13.0. The maximum Gasteiger partial charge on any atom is 0.237 e. The molecule has 3 N–H and O–H groups in total. The molecular weight excluding hydrogens is 254 g/mol. The molecule has 20 heavy (non-hydrogen) atoms. The van der Waals surface area contributed by atoms with Crippen molar-refractivity contribution in [3.63, 3.8) is 0 Å². The summed E-state index contributed by atoms with van der Waals surface area (Å²) in [6.45, 7) is 8.61. The molecule has 0 bridgehead atoms. The summed E-state index contributed by atoms with van der Waals surface area (Å²) in [6, 6.07) is 1.45. The number of hydrogen-bond acceptors (Lipinski definition) is 4. The first kappa shape index (κ1) is 16.7. The van der Waals surface area contributed by atoms with Gasteiger partial charge < -0.3 is 15.6 Å². The van der Waals surface area contributed by atoms with Crippen molar-refractivity contribution in [1.82, 2.24) is 10.5 Å². The summed E-state index contributed by atoms with van der Waals surface area (Å²) in [7, 11) is 0. The Hall–Kier alpha value is -1.36. The molecule has 1 amide bonds. The average molecular weight is 281 g/mol. The van der Waals surface area contributed by atoms with Gasteiger partial charge in [-0.3, -0.25) is 4.79 Å². The van der Waals surface area contributed by atoms with E-state index < -0.39 is 6.04 Å². The molecule has 1 rings (SSSR count). The van der Waals surface area contributed by atoms with E-state index in [0.717, 1.165) is 25.0 Å². The quantitative estimate of drug-likeness (QED) is 0.767. The third kappa shape index (κ3) is 4.34. The molecule has 0 saturated carbocycles. The van der Waals surface area contributed by atoms with Crippen LogP contribution in [0.5, 0.6) is 0 Å². The molecule has 0 spiro atoms. The zero-order chi connectivity index (χ0) is 15.1. The van der Waals surface area contributed by atoms with Gasteiger partial charge in [0.1, 0.15) is 0 Å². The molecular formula is C15H27N3O2. The number of nitrogens with two attached hydrogens (primary N) is 1. The summed E-state index contributed by atoms with van der Waals surface area (Å²) in [5.74, 6) is 1.13. The minimum Gasteiger partial charge on any atom is -0.359 e. The van der Waals surface area contributed by atoms with Gasteiger partial charge in [-0.05, 0) is 18.8 Å². The van der Waals surface area contributed by atoms with E-state index in [0.29, 0.717) is 18.2 Å². The van der Waals surface area contributed by atoms with Gasteiger partial charge in [0, 0.05) is 12.0 Å². The Morgan fingerprint density at radius 1 is 1.35 bits per heavy atom. The summed E-state index contributed by atoms with van der Waals surface area (Å²) in [4.78, 5) is 11.9.